The molecule has 2 amide bonds. The minimum absolute atomic E-state index is 0.00746. The second-order valence-corrected chi connectivity index (χ2v) is 13.0. The van der Waals surface area contributed by atoms with Crippen molar-refractivity contribution in [3.05, 3.63) is 114 Å². The number of nitrogens with one attached hydrogen (secondary N) is 1. The average Bonchev–Trinajstić information content (AvgIpc) is 3.08. The van der Waals surface area contributed by atoms with Crippen LogP contribution in [-0.2, 0) is 32.6 Å². The van der Waals surface area contributed by atoms with E-state index in [0.717, 1.165) is 9.87 Å². The molecule has 10 nitrogen and oxygen atoms in total. The lowest BCUT2D eigenvalue weighted by molar-refractivity contribution is -0.140. The standard InChI is InChI=1S/C36H41N3O7S/c1-26(2)37-36(41)33(22-27-13-8-6-9-14-27)38(24-28-15-12-16-29(21-28)44-3)35(40)25-39(47(42,43)31-17-10-7-11-18-31)32-23-30(45-4)19-20-34(32)46-5/h6-21,23,26,33H,22,24-25H2,1-5H3,(H,37,41)/t33-/m1/s1. The van der Waals surface area contributed by atoms with Crippen molar-refractivity contribution in [3.63, 3.8) is 0 Å². The van der Waals surface area contributed by atoms with Gasteiger partial charge in [0.15, 0.2) is 0 Å². The van der Waals surface area contributed by atoms with Gasteiger partial charge in [-0.2, -0.15) is 0 Å². The molecule has 0 aliphatic rings. The minimum atomic E-state index is -4.32. The highest BCUT2D eigenvalue weighted by Gasteiger charge is 2.36. The molecule has 0 aliphatic heterocycles. The lowest BCUT2D eigenvalue weighted by Gasteiger charge is -2.34. The Labute approximate surface area is 276 Å². The van der Waals surface area contributed by atoms with Crippen molar-refractivity contribution < 1.29 is 32.2 Å². The van der Waals surface area contributed by atoms with Crippen LogP contribution in [0.1, 0.15) is 25.0 Å². The van der Waals surface area contributed by atoms with Gasteiger partial charge in [0.05, 0.1) is 31.9 Å². The van der Waals surface area contributed by atoms with Gasteiger partial charge in [-0.05, 0) is 61.4 Å². The molecule has 4 aromatic carbocycles. The van der Waals surface area contributed by atoms with Crippen LogP contribution in [0.4, 0.5) is 5.69 Å². The second-order valence-electron chi connectivity index (χ2n) is 11.1. The van der Waals surface area contributed by atoms with E-state index in [0.29, 0.717) is 17.1 Å². The maximum Gasteiger partial charge on any atom is 0.264 e. The molecular formula is C36H41N3O7S. The van der Waals surface area contributed by atoms with Gasteiger partial charge in [-0.15, -0.1) is 0 Å². The SMILES string of the molecule is COc1cccc(CN(C(=O)CN(c2cc(OC)ccc2OC)S(=O)(=O)c2ccccc2)[C@H](Cc2ccccc2)C(=O)NC(C)C)c1. The fourth-order valence-electron chi connectivity index (χ4n) is 5.13. The van der Waals surface area contributed by atoms with Crippen LogP contribution in [0.5, 0.6) is 17.2 Å². The lowest BCUT2D eigenvalue weighted by atomic mass is 10.0. The predicted molar refractivity (Wildman–Crippen MR) is 181 cm³/mol. The molecule has 0 aromatic heterocycles. The Morgan fingerprint density at radius 2 is 1.36 bits per heavy atom. The maximum absolute atomic E-state index is 14.7. The summed E-state index contributed by atoms with van der Waals surface area (Å²) in [6, 6.07) is 27.9. The zero-order valence-corrected chi connectivity index (χ0v) is 28.1. The number of amides is 2. The van der Waals surface area contributed by atoms with Crippen molar-refractivity contribution in [2.24, 2.45) is 0 Å². The van der Waals surface area contributed by atoms with Crippen LogP contribution in [0.25, 0.3) is 0 Å². The number of sulfonamides is 1. The van der Waals surface area contributed by atoms with Gasteiger partial charge in [0, 0.05) is 25.1 Å². The highest BCUT2D eigenvalue weighted by molar-refractivity contribution is 7.92. The number of ether oxygens (including phenoxy) is 3. The molecule has 0 heterocycles. The molecule has 11 heteroatoms. The third-order valence-electron chi connectivity index (χ3n) is 7.45. The number of nitrogens with zero attached hydrogens (tertiary/aromatic N) is 2. The second kappa shape index (κ2) is 16.0. The molecule has 4 aromatic rings. The van der Waals surface area contributed by atoms with Crippen molar-refractivity contribution in [1.82, 2.24) is 10.2 Å². The topological polar surface area (TPSA) is 114 Å². The van der Waals surface area contributed by atoms with E-state index in [9.17, 15) is 18.0 Å². The molecule has 4 rings (SSSR count). The van der Waals surface area contributed by atoms with Crippen LogP contribution in [-0.4, -0.2) is 65.1 Å². The number of benzene rings is 4. The maximum atomic E-state index is 14.7. The minimum Gasteiger partial charge on any atom is -0.497 e. The Morgan fingerprint density at radius 1 is 0.745 bits per heavy atom. The van der Waals surface area contributed by atoms with Crippen LogP contribution in [0.2, 0.25) is 0 Å². The highest BCUT2D eigenvalue weighted by atomic mass is 32.2. The Bertz CT molecular complexity index is 1750. The molecule has 0 saturated carbocycles. The molecular weight excluding hydrogens is 618 g/mol. The number of hydrogen-bond acceptors (Lipinski definition) is 7. The molecule has 0 radical (unpaired) electrons. The molecule has 0 bridgehead atoms. The van der Waals surface area contributed by atoms with E-state index in [1.807, 2.05) is 50.2 Å². The van der Waals surface area contributed by atoms with Crippen molar-refractivity contribution in [1.29, 1.82) is 0 Å². The summed E-state index contributed by atoms with van der Waals surface area (Å²) < 4.78 is 46.0. The van der Waals surface area contributed by atoms with Crippen molar-refractivity contribution in [2.75, 3.05) is 32.2 Å². The summed E-state index contributed by atoms with van der Waals surface area (Å²) in [6.07, 6.45) is 0.197. The summed E-state index contributed by atoms with van der Waals surface area (Å²) in [5, 5.41) is 2.96. The third kappa shape index (κ3) is 8.82. The lowest BCUT2D eigenvalue weighted by Crippen LogP contribution is -2.54. The van der Waals surface area contributed by atoms with Crippen LogP contribution >= 0.6 is 0 Å². The van der Waals surface area contributed by atoms with E-state index in [4.69, 9.17) is 14.2 Å². The first-order valence-corrected chi connectivity index (χ1v) is 16.6. The Hall–Kier alpha value is -5.03. The summed E-state index contributed by atoms with van der Waals surface area (Å²) in [6.45, 7) is 3.06. The van der Waals surface area contributed by atoms with Gasteiger partial charge in [-0.1, -0.05) is 60.7 Å². The van der Waals surface area contributed by atoms with E-state index in [1.54, 1.807) is 55.6 Å². The van der Waals surface area contributed by atoms with E-state index in [1.165, 1.54) is 37.3 Å². The fraction of sp³-hybridized carbons (Fsp3) is 0.278. The van der Waals surface area contributed by atoms with E-state index in [-0.39, 0.29) is 41.2 Å². The molecule has 0 unspecified atom stereocenters. The Morgan fingerprint density at radius 3 is 1.98 bits per heavy atom. The number of hydrogen-bond donors (Lipinski definition) is 1. The first kappa shape index (κ1) is 34.8. The van der Waals surface area contributed by atoms with E-state index < -0.39 is 28.5 Å². The molecule has 47 heavy (non-hydrogen) atoms. The summed E-state index contributed by atoms with van der Waals surface area (Å²) in [4.78, 5) is 30.0. The summed E-state index contributed by atoms with van der Waals surface area (Å²) in [5.74, 6) is 0.202. The van der Waals surface area contributed by atoms with Gasteiger partial charge in [0.2, 0.25) is 11.8 Å². The van der Waals surface area contributed by atoms with Gasteiger partial charge in [0.1, 0.15) is 29.8 Å². The first-order valence-electron chi connectivity index (χ1n) is 15.1. The highest BCUT2D eigenvalue weighted by Crippen LogP contribution is 2.36. The Kier molecular flexibility index (Phi) is 11.9. The largest absolute Gasteiger partial charge is 0.497 e. The van der Waals surface area contributed by atoms with Crippen LogP contribution in [0.3, 0.4) is 0 Å². The number of methoxy groups -OCH3 is 3. The summed E-state index contributed by atoms with van der Waals surface area (Å²) >= 11 is 0. The van der Waals surface area contributed by atoms with Crippen molar-refractivity contribution in [2.45, 2.75) is 43.8 Å². The van der Waals surface area contributed by atoms with Crippen LogP contribution in [0.15, 0.2) is 108 Å². The van der Waals surface area contributed by atoms with Gasteiger partial charge in [0.25, 0.3) is 10.0 Å². The molecule has 0 aliphatic carbocycles. The van der Waals surface area contributed by atoms with Crippen LogP contribution < -0.4 is 23.8 Å². The molecule has 0 saturated heterocycles. The van der Waals surface area contributed by atoms with Gasteiger partial charge in [-0.25, -0.2) is 8.42 Å². The van der Waals surface area contributed by atoms with Crippen LogP contribution in [0, 0.1) is 0 Å². The normalized spacial score (nSPS) is 11.8. The van der Waals surface area contributed by atoms with E-state index >= 15 is 0 Å². The smallest absolute Gasteiger partial charge is 0.264 e. The number of rotatable bonds is 15. The molecule has 1 N–H and O–H groups in total. The zero-order chi connectivity index (χ0) is 34.0. The number of carbonyl (C=O) groups is 2. The predicted octanol–water partition coefficient (Wildman–Crippen LogP) is 5.07. The molecule has 0 spiro atoms. The van der Waals surface area contributed by atoms with Gasteiger partial charge >= 0.3 is 0 Å². The quantitative estimate of drug-likeness (QED) is 0.190. The molecule has 0 fully saturated rings. The number of carbonyl (C=O) groups excluding carboxylic acids is 2. The Balaban J connectivity index is 1.87. The van der Waals surface area contributed by atoms with Gasteiger partial charge < -0.3 is 24.4 Å². The van der Waals surface area contributed by atoms with Gasteiger partial charge in [-0.3, -0.25) is 13.9 Å². The fourth-order valence-corrected chi connectivity index (χ4v) is 6.56. The monoisotopic (exact) mass is 659 g/mol. The molecule has 248 valence electrons. The number of anilines is 1. The van der Waals surface area contributed by atoms with E-state index in [2.05, 4.69) is 5.32 Å². The van der Waals surface area contributed by atoms with Crippen molar-refractivity contribution >= 4 is 27.5 Å². The first-order chi connectivity index (χ1) is 22.6. The van der Waals surface area contributed by atoms with Crippen molar-refractivity contribution in [3.8, 4) is 17.2 Å². The summed E-state index contributed by atoms with van der Waals surface area (Å²) in [7, 11) is 0.109. The molecule has 1 atom stereocenters. The zero-order valence-electron chi connectivity index (χ0n) is 27.3. The third-order valence-corrected chi connectivity index (χ3v) is 9.23. The summed E-state index contributed by atoms with van der Waals surface area (Å²) in [5.41, 5.74) is 1.64. The average molecular weight is 660 g/mol.